The van der Waals surface area contributed by atoms with Gasteiger partial charge in [-0.05, 0) is 74.2 Å². The van der Waals surface area contributed by atoms with Crippen LogP contribution in [0.25, 0.3) is 0 Å². The number of fused-ring (bicyclic) bond motifs is 5. The number of aliphatic hydroxyl groups is 2. The highest BCUT2D eigenvalue weighted by Gasteiger charge is 2.68. The van der Waals surface area contributed by atoms with E-state index in [4.69, 9.17) is 14.9 Å². The van der Waals surface area contributed by atoms with Crippen molar-refractivity contribution in [3.8, 4) is 0 Å². The minimum Gasteiger partial charge on any atom is -0.481 e. The summed E-state index contributed by atoms with van der Waals surface area (Å²) in [7, 11) is 0. The molecule has 1 amide bonds. The average Bonchev–Trinajstić information content (AvgIpc) is 3.19. The number of ether oxygens (including phenoxy) is 1. The molecule has 0 aromatic carbocycles. The Balaban J connectivity index is 1.34. The van der Waals surface area contributed by atoms with Crippen molar-refractivity contribution in [3.63, 3.8) is 0 Å². The first-order valence-corrected chi connectivity index (χ1v) is 14.7. The molecule has 0 radical (unpaired) electrons. The van der Waals surface area contributed by atoms with Crippen molar-refractivity contribution in [2.45, 2.75) is 102 Å². The SMILES string of the molecule is C[C@]12CCC(=O)C=C1CC[C@H]1[C@H]2[C@@H](O)C[C@@]2(C)[C@H]1CC[C@]2(O)C(=O)COC(=O)CCC(=O)N[C@H](CCC(=O)O)C(=O)O. The maximum atomic E-state index is 13.4. The Hall–Kier alpha value is -3.12. The fourth-order valence-corrected chi connectivity index (χ4v) is 8.50. The van der Waals surface area contributed by atoms with Crippen molar-refractivity contribution < 1.29 is 53.9 Å². The third-order valence-corrected chi connectivity index (χ3v) is 10.7. The number of hydrogen-bond donors (Lipinski definition) is 5. The molecule has 0 aliphatic heterocycles. The smallest absolute Gasteiger partial charge is 0.326 e. The van der Waals surface area contributed by atoms with Gasteiger partial charge in [0.05, 0.1) is 12.5 Å². The number of allylic oxidation sites excluding steroid dienone is 1. The number of nitrogens with one attached hydrogen (secondary N) is 1. The van der Waals surface area contributed by atoms with Crippen molar-refractivity contribution in [1.29, 1.82) is 0 Å². The van der Waals surface area contributed by atoms with Crippen LogP contribution < -0.4 is 5.32 Å². The van der Waals surface area contributed by atoms with Crippen LogP contribution in [0, 0.1) is 28.6 Å². The van der Waals surface area contributed by atoms with Gasteiger partial charge in [-0.1, -0.05) is 19.4 Å². The van der Waals surface area contributed by atoms with Gasteiger partial charge < -0.3 is 30.5 Å². The largest absolute Gasteiger partial charge is 0.481 e. The summed E-state index contributed by atoms with van der Waals surface area (Å²) in [6.45, 7) is 3.25. The molecule has 5 N–H and O–H groups in total. The predicted octanol–water partition coefficient (Wildman–Crippen LogP) is 1.55. The minimum absolute atomic E-state index is 0.0291. The first-order valence-electron chi connectivity index (χ1n) is 14.7. The van der Waals surface area contributed by atoms with Crippen LogP contribution in [0.1, 0.15) is 84.5 Å². The van der Waals surface area contributed by atoms with E-state index in [0.29, 0.717) is 19.3 Å². The Morgan fingerprint density at radius 3 is 2.43 bits per heavy atom. The summed E-state index contributed by atoms with van der Waals surface area (Å²) >= 11 is 0. The molecule has 4 aliphatic rings. The topological polar surface area (TPSA) is 205 Å². The van der Waals surface area contributed by atoms with Crippen LogP contribution in [0.3, 0.4) is 0 Å². The fourth-order valence-electron chi connectivity index (χ4n) is 8.50. The molecule has 3 saturated carbocycles. The van der Waals surface area contributed by atoms with Gasteiger partial charge in [0.2, 0.25) is 11.7 Å². The highest BCUT2D eigenvalue weighted by molar-refractivity contribution is 5.92. The average molecular weight is 592 g/mol. The second kappa shape index (κ2) is 11.9. The molecule has 0 aromatic rings. The standard InChI is InChI=1S/C30H41NO11/c1-28-11-9-17(32)13-16(28)3-4-18-19-10-12-30(41,29(19,2)14-21(33)26(18)28)22(34)15-42-25(38)8-6-23(35)31-20(27(39)40)5-7-24(36)37/h13,18-21,26,33,41H,3-12,14-15H2,1-2H3,(H,31,35)(H,36,37)(H,39,40)/t18-,19+,20-,21+,26+,28+,29+,30+/m1/s1. The van der Waals surface area contributed by atoms with Crippen molar-refractivity contribution in [1.82, 2.24) is 5.32 Å². The van der Waals surface area contributed by atoms with E-state index in [-0.39, 0.29) is 48.2 Å². The Morgan fingerprint density at radius 1 is 1.05 bits per heavy atom. The summed E-state index contributed by atoms with van der Waals surface area (Å²) in [4.78, 5) is 71.8. The van der Waals surface area contributed by atoms with Crippen LogP contribution in [-0.2, 0) is 33.5 Å². The number of esters is 1. The van der Waals surface area contributed by atoms with Crippen molar-refractivity contribution in [2.75, 3.05) is 6.61 Å². The van der Waals surface area contributed by atoms with Gasteiger partial charge in [-0.15, -0.1) is 0 Å². The molecule has 0 aromatic heterocycles. The van der Waals surface area contributed by atoms with Crippen LogP contribution in [0.2, 0.25) is 0 Å². The van der Waals surface area contributed by atoms with Gasteiger partial charge in [0, 0.05) is 24.7 Å². The molecule has 12 heteroatoms. The third kappa shape index (κ3) is 5.75. The number of rotatable bonds is 11. The van der Waals surface area contributed by atoms with E-state index < -0.39 is 78.6 Å². The van der Waals surface area contributed by atoms with Gasteiger partial charge >= 0.3 is 17.9 Å². The molecule has 8 atom stereocenters. The Bertz CT molecular complexity index is 1200. The molecule has 4 rings (SSSR count). The van der Waals surface area contributed by atoms with Crippen LogP contribution in [-0.4, -0.2) is 80.2 Å². The summed E-state index contributed by atoms with van der Waals surface area (Å²) in [6, 6.07) is -1.42. The van der Waals surface area contributed by atoms with E-state index in [1.165, 1.54) is 0 Å². The fraction of sp³-hybridized carbons (Fsp3) is 0.733. The molecule has 42 heavy (non-hydrogen) atoms. The molecule has 12 nitrogen and oxygen atoms in total. The molecular formula is C30H41NO11. The van der Waals surface area contributed by atoms with E-state index in [0.717, 1.165) is 18.4 Å². The van der Waals surface area contributed by atoms with Gasteiger partial charge in [-0.3, -0.25) is 24.0 Å². The highest BCUT2D eigenvalue weighted by Crippen LogP contribution is 2.67. The minimum atomic E-state index is -1.81. The van der Waals surface area contributed by atoms with Crippen molar-refractivity contribution in [3.05, 3.63) is 11.6 Å². The molecule has 0 bridgehead atoms. The van der Waals surface area contributed by atoms with Crippen LogP contribution >= 0.6 is 0 Å². The normalized spacial score (nSPS) is 36.0. The molecule has 4 aliphatic carbocycles. The summed E-state index contributed by atoms with van der Waals surface area (Å²) < 4.78 is 5.09. The summed E-state index contributed by atoms with van der Waals surface area (Å²) in [5.74, 6) is -4.86. The van der Waals surface area contributed by atoms with Gasteiger partial charge in [-0.2, -0.15) is 0 Å². The number of Topliss-reactive ketones (excluding diaryl/α,β-unsaturated/α-hetero) is 1. The molecule has 232 valence electrons. The zero-order valence-electron chi connectivity index (χ0n) is 24.1. The Morgan fingerprint density at radius 2 is 1.76 bits per heavy atom. The zero-order valence-corrected chi connectivity index (χ0v) is 24.1. The maximum Gasteiger partial charge on any atom is 0.326 e. The number of amides is 1. The highest BCUT2D eigenvalue weighted by atomic mass is 16.5. The zero-order chi connectivity index (χ0) is 31.0. The number of aliphatic carboxylic acids is 2. The van der Waals surface area contributed by atoms with Gasteiger partial charge in [0.1, 0.15) is 11.6 Å². The second-order valence-corrected chi connectivity index (χ2v) is 13.0. The lowest BCUT2D eigenvalue weighted by atomic mass is 9.45. The number of aliphatic hydroxyl groups excluding tert-OH is 1. The number of carbonyl (C=O) groups is 6. The van der Waals surface area contributed by atoms with Crippen LogP contribution in [0.4, 0.5) is 0 Å². The number of carboxylic acid groups (broad SMARTS) is 2. The maximum absolute atomic E-state index is 13.4. The first kappa shape index (κ1) is 31.8. The monoisotopic (exact) mass is 591 g/mol. The molecular weight excluding hydrogens is 550 g/mol. The summed E-state index contributed by atoms with van der Waals surface area (Å²) in [5.41, 5.74) is -1.95. The number of carboxylic acids is 2. The molecule has 0 saturated heterocycles. The lowest BCUT2D eigenvalue weighted by molar-refractivity contribution is -0.184. The quantitative estimate of drug-likeness (QED) is 0.218. The van der Waals surface area contributed by atoms with E-state index in [9.17, 15) is 39.0 Å². The van der Waals surface area contributed by atoms with Crippen LogP contribution in [0.5, 0.6) is 0 Å². The van der Waals surface area contributed by atoms with E-state index in [1.807, 2.05) is 6.92 Å². The molecule has 3 fully saturated rings. The second-order valence-electron chi connectivity index (χ2n) is 13.0. The number of carbonyl (C=O) groups excluding carboxylic acids is 4. The van der Waals surface area contributed by atoms with E-state index in [2.05, 4.69) is 12.2 Å². The van der Waals surface area contributed by atoms with Crippen molar-refractivity contribution >= 4 is 35.4 Å². The lowest BCUT2D eigenvalue weighted by Crippen LogP contribution is -2.62. The molecule has 0 unspecified atom stereocenters. The number of hydrogen-bond acceptors (Lipinski definition) is 9. The van der Waals surface area contributed by atoms with Crippen molar-refractivity contribution in [2.24, 2.45) is 28.6 Å². The predicted molar refractivity (Wildman–Crippen MR) is 145 cm³/mol. The van der Waals surface area contributed by atoms with Gasteiger partial charge in [0.25, 0.3) is 0 Å². The van der Waals surface area contributed by atoms with Gasteiger partial charge in [-0.25, -0.2) is 4.79 Å². The van der Waals surface area contributed by atoms with E-state index >= 15 is 0 Å². The summed E-state index contributed by atoms with van der Waals surface area (Å²) in [6.07, 6.45) is 2.91. The third-order valence-electron chi connectivity index (χ3n) is 10.7. The molecule has 0 heterocycles. The number of ketones is 2. The molecule has 0 spiro atoms. The first-order chi connectivity index (χ1) is 19.6. The summed E-state index contributed by atoms with van der Waals surface area (Å²) in [5, 5.41) is 43.3. The van der Waals surface area contributed by atoms with Gasteiger partial charge in [0.15, 0.2) is 12.4 Å². The Labute approximate surface area is 243 Å². The van der Waals surface area contributed by atoms with E-state index in [1.54, 1.807) is 6.08 Å². The Kier molecular flexibility index (Phi) is 8.99. The van der Waals surface area contributed by atoms with Crippen LogP contribution in [0.15, 0.2) is 11.6 Å². The lowest BCUT2D eigenvalue weighted by Gasteiger charge is -2.60.